The van der Waals surface area contributed by atoms with E-state index in [1.165, 1.54) is 0 Å². The van der Waals surface area contributed by atoms with Gasteiger partial charge in [-0.1, -0.05) is 12.1 Å². The van der Waals surface area contributed by atoms with Crippen LogP contribution in [0.15, 0.2) is 24.3 Å². The molecule has 1 aromatic carbocycles. The first-order chi connectivity index (χ1) is 8.08. The molecule has 17 heavy (non-hydrogen) atoms. The molecule has 0 aromatic heterocycles. The van der Waals surface area contributed by atoms with Crippen LogP contribution in [0.25, 0.3) is 0 Å². The second-order valence-electron chi connectivity index (χ2n) is 4.01. The Morgan fingerprint density at radius 1 is 1.24 bits per heavy atom. The van der Waals surface area contributed by atoms with Gasteiger partial charge in [0.25, 0.3) is 0 Å². The van der Waals surface area contributed by atoms with E-state index in [1.807, 2.05) is 38.1 Å². The largest absolute Gasteiger partial charge is 0.497 e. The molecule has 1 amide bonds. The molecule has 4 nitrogen and oxygen atoms in total. The molecule has 0 heterocycles. The van der Waals surface area contributed by atoms with E-state index in [0.29, 0.717) is 0 Å². The summed E-state index contributed by atoms with van der Waals surface area (Å²) in [6.45, 7) is 3.79. The highest BCUT2D eigenvalue weighted by atomic mass is 16.5. The number of nitrogens with one attached hydrogen (secondary N) is 2. The molecule has 94 valence electrons. The summed E-state index contributed by atoms with van der Waals surface area (Å²) in [6.07, 6.45) is 0. The zero-order valence-corrected chi connectivity index (χ0v) is 10.8. The van der Waals surface area contributed by atoms with Gasteiger partial charge in [0.2, 0.25) is 5.91 Å². The Morgan fingerprint density at radius 3 is 2.29 bits per heavy atom. The number of rotatable bonds is 5. The molecule has 0 fully saturated rings. The predicted molar refractivity (Wildman–Crippen MR) is 68.1 cm³/mol. The Kier molecular flexibility index (Phi) is 4.97. The lowest BCUT2D eigenvalue weighted by atomic mass is 10.1. The maximum Gasteiger partial charge on any atom is 0.237 e. The molecule has 0 aliphatic rings. The van der Waals surface area contributed by atoms with Crippen molar-refractivity contribution in [3.8, 4) is 5.75 Å². The summed E-state index contributed by atoms with van der Waals surface area (Å²) < 4.78 is 5.09. The topological polar surface area (TPSA) is 50.4 Å². The van der Waals surface area contributed by atoms with Crippen LogP contribution in [0.2, 0.25) is 0 Å². The number of carbonyl (C=O) groups is 1. The lowest BCUT2D eigenvalue weighted by Gasteiger charge is -2.17. The van der Waals surface area contributed by atoms with Crippen LogP contribution in [-0.4, -0.2) is 26.1 Å². The molecule has 0 aliphatic heterocycles. The number of benzene rings is 1. The first-order valence-electron chi connectivity index (χ1n) is 5.70. The quantitative estimate of drug-likeness (QED) is 0.814. The molecule has 1 rings (SSSR count). The van der Waals surface area contributed by atoms with Crippen molar-refractivity contribution < 1.29 is 9.53 Å². The fraction of sp³-hybridized carbons (Fsp3) is 0.462. The third kappa shape index (κ3) is 3.75. The van der Waals surface area contributed by atoms with E-state index < -0.39 is 0 Å². The van der Waals surface area contributed by atoms with Gasteiger partial charge in [-0.3, -0.25) is 4.79 Å². The highest BCUT2D eigenvalue weighted by molar-refractivity contribution is 5.81. The van der Waals surface area contributed by atoms with Gasteiger partial charge in [0, 0.05) is 0 Å². The maximum absolute atomic E-state index is 11.7. The van der Waals surface area contributed by atoms with E-state index in [4.69, 9.17) is 4.74 Å². The molecule has 1 aromatic rings. The molecular weight excluding hydrogens is 216 g/mol. The van der Waals surface area contributed by atoms with Crippen molar-refractivity contribution in [3.63, 3.8) is 0 Å². The van der Waals surface area contributed by atoms with Crippen molar-refractivity contribution in [1.82, 2.24) is 10.6 Å². The number of hydrogen-bond donors (Lipinski definition) is 2. The molecule has 0 aliphatic carbocycles. The Labute approximate surface area is 102 Å². The summed E-state index contributed by atoms with van der Waals surface area (Å²) in [7, 11) is 3.40. The molecule has 2 atom stereocenters. The van der Waals surface area contributed by atoms with E-state index in [9.17, 15) is 4.79 Å². The number of methoxy groups -OCH3 is 1. The van der Waals surface area contributed by atoms with E-state index in [2.05, 4.69) is 10.6 Å². The minimum Gasteiger partial charge on any atom is -0.497 e. The van der Waals surface area contributed by atoms with Crippen LogP contribution in [0.4, 0.5) is 0 Å². The molecule has 0 spiro atoms. The average molecular weight is 236 g/mol. The zero-order chi connectivity index (χ0) is 12.8. The number of hydrogen-bond acceptors (Lipinski definition) is 3. The van der Waals surface area contributed by atoms with Gasteiger partial charge in [0.1, 0.15) is 5.75 Å². The second kappa shape index (κ2) is 6.25. The third-order valence-corrected chi connectivity index (χ3v) is 2.80. The maximum atomic E-state index is 11.7. The van der Waals surface area contributed by atoms with Crippen molar-refractivity contribution in [1.29, 1.82) is 0 Å². The Morgan fingerprint density at radius 2 is 1.82 bits per heavy atom. The van der Waals surface area contributed by atoms with Crippen molar-refractivity contribution in [2.24, 2.45) is 0 Å². The lowest BCUT2D eigenvalue weighted by molar-refractivity contribution is -0.123. The molecule has 0 saturated heterocycles. The SMILES string of the molecule is CNC(C)C(=O)N[C@@H](C)c1ccc(OC)cc1. The summed E-state index contributed by atoms with van der Waals surface area (Å²) in [5.41, 5.74) is 1.06. The van der Waals surface area contributed by atoms with Crippen molar-refractivity contribution in [2.75, 3.05) is 14.2 Å². The molecule has 2 N–H and O–H groups in total. The number of carbonyl (C=O) groups excluding carboxylic acids is 1. The van der Waals surface area contributed by atoms with Crippen molar-refractivity contribution >= 4 is 5.91 Å². The van der Waals surface area contributed by atoms with Crippen LogP contribution < -0.4 is 15.4 Å². The van der Waals surface area contributed by atoms with Crippen LogP contribution in [0.3, 0.4) is 0 Å². The van der Waals surface area contributed by atoms with E-state index >= 15 is 0 Å². The summed E-state index contributed by atoms with van der Waals surface area (Å²) in [4.78, 5) is 11.7. The number of amides is 1. The normalized spacial score (nSPS) is 13.9. The second-order valence-corrected chi connectivity index (χ2v) is 4.01. The van der Waals surface area contributed by atoms with E-state index in [1.54, 1.807) is 14.2 Å². The molecule has 0 bridgehead atoms. The highest BCUT2D eigenvalue weighted by Crippen LogP contribution is 2.17. The summed E-state index contributed by atoms with van der Waals surface area (Å²) in [5.74, 6) is 0.812. The number of likely N-dealkylation sites (N-methyl/N-ethyl adjacent to an activating group) is 1. The molecular formula is C13H20N2O2. The summed E-state index contributed by atoms with van der Waals surface area (Å²) in [6, 6.07) is 7.49. The van der Waals surface area contributed by atoms with E-state index in [0.717, 1.165) is 11.3 Å². The van der Waals surface area contributed by atoms with Gasteiger partial charge in [-0.2, -0.15) is 0 Å². The third-order valence-electron chi connectivity index (χ3n) is 2.80. The van der Waals surface area contributed by atoms with Crippen LogP contribution in [-0.2, 0) is 4.79 Å². The Hall–Kier alpha value is -1.55. The van der Waals surface area contributed by atoms with Gasteiger partial charge in [0.05, 0.1) is 19.2 Å². The lowest BCUT2D eigenvalue weighted by Crippen LogP contribution is -2.41. The molecule has 0 radical (unpaired) electrons. The van der Waals surface area contributed by atoms with Crippen LogP contribution >= 0.6 is 0 Å². The van der Waals surface area contributed by atoms with Crippen LogP contribution in [0, 0.1) is 0 Å². The van der Waals surface area contributed by atoms with Gasteiger partial charge >= 0.3 is 0 Å². The van der Waals surface area contributed by atoms with Crippen LogP contribution in [0.1, 0.15) is 25.5 Å². The standard InChI is InChI=1S/C13H20N2O2/c1-9(15-13(16)10(2)14-3)11-5-7-12(17-4)8-6-11/h5-10,14H,1-4H3,(H,15,16)/t9-,10?/m0/s1. The van der Waals surface area contributed by atoms with Crippen molar-refractivity contribution in [2.45, 2.75) is 25.9 Å². The predicted octanol–water partition coefficient (Wildman–Crippen LogP) is 1.48. The first-order valence-corrected chi connectivity index (χ1v) is 5.70. The highest BCUT2D eigenvalue weighted by Gasteiger charge is 2.14. The molecule has 1 unspecified atom stereocenters. The van der Waals surface area contributed by atoms with Crippen LogP contribution in [0.5, 0.6) is 5.75 Å². The Balaban J connectivity index is 2.63. The van der Waals surface area contributed by atoms with Gasteiger partial charge in [0.15, 0.2) is 0 Å². The van der Waals surface area contributed by atoms with Gasteiger partial charge in [-0.15, -0.1) is 0 Å². The minimum absolute atomic E-state index is 0.00387. The van der Waals surface area contributed by atoms with E-state index in [-0.39, 0.29) is 18.0 Å². The Bertz CT molecular complexity index is 362. The van der Waals surface area contributed by atoms with Crippen molar-refractivity contribution in [3.05, 3.63) is 29.8 Å². The first kappa shape index (κ1) is 13.5. The fourth-order valence-electron chi connectivity index (χ4n) is 1.45. The van der Waals surface area contributed by atoms with Gasteiger partial charge in [-0.05, 0) is 38.6 Å². The fourth-order valence-corrected chi connectivity index (χ4v) is 1.45. The molecule has 0 saturated carbocycles. The van der Waals surface area contributed by atoms with Gasteiger partial charge in [-0.25, -0.2) is 0 Å². The summed E-state index contributed by atoms with van der Waals surface area (Å²) in [5, 5.41) is 5.85. The minimum atomic E-state index is -0.185. The molecule has 4 heteroatoms. The monoisotopic (exact) mass is 236 g/mol. The summed E-state index contributed by atoms with van der Waals surface area (Å²) >= 11 is 0. The smallest absolute Gasteiger partial charge is 0.237 e. The average Bonchev–Trinajstić information content (AvgIpc) is 2.37. The number of ether oxygens (including phenoxy) is 1. The zero-order valence-electron chi connectivity index (χ0n) is 10.8. The van der Waals surface area contributed by atoms with Gasteiger partial charge < -0.3 is 15.4 Å².